The second kappa shape index (κ2) is 4.20. The van der Waals surface area contributed by atoms with E-state index in [4.69, 9.17) is 9.47 Å². The second-order valence-corrected chi connectivity index (χ2v) is 5.24. The van der Waals surface area contributed by atoms with Gasteiger partial charge in [-0.15, -0.1) is 0 Å². The summed E-state index contributed by atoms with van der Waals surface area (Å²) in [5, 5.41) is 0. The molecule has 18 heavy (non-hydrogen) atoms. The molecule has 3 rings (SSSR count). The number of nitrogens with zero attached hydrogens (tertiary/aromatic N) is 2. The highest BCUT2D eigenvalue weighted by Crippen LogP contribution is 2.38. The molecular formula is C12H18N2O4. The van der Waals surface area contributed by atoms with Crippen LogP contribution in [-0.4, -0.2) is 60.4 Å². The molecule has 0 unspecified atom stereocenters. The summed E-state index contributed by atoms with van der Waals surface area (Å²) >= 11 is 0. The molecular weight excluding hydrogens is 236 g/mol. The zero-order valence-corrected chi connectivity index (χ0v) is 10.6. The van der Waals surface area contributed by atoms with Crippen molar-refractivity contribution in [1.82, 2.24) is 9.80 Å². The van der Waals surface area contributed by atoms with Gasteiger partial charge >= 0.3 is 6.03 Å². The fourth-order valence-corrected chi connectivity index (χ4v) is 3.08. The summed E-state index contributed by atoms with van der Waals surface area (Å²) in [6, 6.07) is -0.164. The summed E-state index contributed by atoms with van der Waals surface area (Å²) in [4.78, 5) is 26.6. The van der Waals surface area contributed by atoms with Crippen molar-refractivity contribution in [2.75, 3.05) is 26.8 Å². The molecule has 6 nitrogen and oxygen atoms in total. The van der Waals surface area contributed by atoms with Crippen LogP contribution in [0.5, 0.6) is 0 Å². The number of hydrogen-bond donors (Lipinski definition) is 0. The fourth-order valence-electron chi connectivity index (χ4n) is 3.08. The molecule has 0 aromatic rings. The van der Waals surface area contributed by atoms with E-state index < -0.39 is 5.79 Å². The molecule has 100 valence electrons. The number of amides is 3. The first-order valence-corrected chi connectivity index (χ1v) is 6.46. The van der Waals surface area contributed by atoms with E-state index >= 15 is 0 Å². The molecule has 3 fully saturated rings. The third kappa shape index (κ3) is 1.80. The molecule has 2 heterocycles. The monoisotopic (exact) mass is 254 g/mol. The summed E-state index contributed by atoms with van der Waals surface area (Å²) in [5.74, 6) is -0.523. The molecule has 0 atom stereocenters. The van der Waals surface area contributed by atoms with Gasteiger partial charge in [-0.1, -0.05) is 0 Å². The first-order chi connectivity index (χ1) is 8.61. The van der Waals surface area contributed by atoms with Crippen molar-refractivity contribution in [3.63, 3.8) is 0 Å². The first-order valence-electron chi connectivity index (χ1n) is 6.46. The lowest BCUT2D eigenvalue weighted by atomic mass is 9.89. The lowest BCUT2D eigenvalue weighted by Crippen LogP contribution is -2.47. The second-order valence-electron chi connectivity index (χ2n) is 5.24. The molecule has 0 N–H and O–H groups in total. The van der Waals surface area contributed by atoms with Gasteiger partial charge in [-0.3, -0.25) is 9.69 Å². The van der Waals surface area contributed by atoms with Gasteiger partial charge in [-0.2, -0.15) is 0 Å². The van der Waals surface area contributed by atoms with Crippen LogP contribution in [0, 0.1) is 0 Å². The van der Waals surface area contributed by atoms with Gasteiger partial charge in [0.1, 0.15) is 6.54 Å². The van der Waals surface area contributed by atoms with E-state index in [2.05, 4.69) is 0 Å². The van der Waals surface area contributed by atoms with Crippen LogP contribution in [0.2, 0.25) is 0 Å². The summed E-state index contributed by atoms with van der Waals surface area (Å²) in [6.07, 6.45) is 3.06. The van der Waals surface area contributed by atoms with Crippen molar-refractivity contribution in [3.05, 3.63) is 0 Å². The standard InChI is InChI=1S/C12H18N2O4/c1-13-8-10(15)14(11(13)16)9-2-4-12(5-3-9)17-6-7-18-12/h9H,2-8H2,1H3. The number of carbonyl (C=O) groups is 2. The maximum absolute atomic E-state index is 11.9. The summed E-state index contributed by atoms with van der Waals surface area (Å²) in [7, 11) is 1.66. The highest BCUT2D eigenvalue weighted by atomic mass is 16.7. The number of rotatable bonds is 1. The van der Waals surface area contributed by atoms with Gasteiger partial charge in [-0.05, 0) is 12.8 Å². The Balaban J connectivity index is 1.66. The van der Waals surface area contributed by atoms with E-state index in [9.17, 15) is 9.59 Å². The van der Waals surface area contributed by atoms with Gasteiger partial charge in [0.15, 0.2) is 5.79 Å². The number of likely N-dealkylation sites (N-methyl/N-ethyl adjacent to an activating group) is 1. The van der Waals surface area contributed by atoms with Crippen LogP contribution in [0.3, 0.4) is 0 Å². The van der Waals surface area contributed by atoms with E-state index in [1.165, 1.54) is 9.80 Å². The van der Waals surface area contributed by atoms with Crippen molar-refractivity contribution in [2.24, 2.45) is 0 Å². The molecule has 2 saturated heterocycles. The fraction of sp³-hybridized carbons (Fsp3) is 0.833. The first kappa shape index (κ1) is 11.9. The average molecular weight is 254 g/mol. The van der Waals surface area contributed by atoms with Crippen LogP contribution in [0.25, 0.3) is 0 Å². The highest BCUT2D eigenvalue weighted by Gasteiger charge is 2.45. The average Bonchev–Trinajstić information content (AvgIpc) is 2.89. The van der Waals surface area contributed by atoms with Crippen molar-refractivity contribution in [3.8, 4) is 0 Å². The van der Waals surface area contributed by atoms with Gasteiger partial charge in [0.2, 0.25) is 0 Å². The molecule has 3 amide bonds. The van der Waals surface area contributed by atoms with E-state index in [1.807, 2.05) is 0 Å². The van der Waals surface area contributed by atoms with Crippen LogP contribution >= 0.6 is 0 Å². The number of imide groups is 1. The van der Waals surface area contributed by atoms with E-state index in [-0.39, 0.29) is 24.5 Å². The maximum atomic E-state index is 11.9. The lowest BCUT2D eigenvalue weighted by molar-refractivity contribution is -0.183. The minimum atomic E-state index is -0.436. The minimum Gasteiger partial charge on any atom is -0.348 e. The summed E-state index contributed by atoms with van der Waals surface area (Å²) in [6.45, 7) is 1.50. The molecule has 3 aliphatic rings. The van der Waals surface area contributed by atoms with Gasteiger partial charge in [0, 0.05) is 25.9 Å². The number of ether oxygens (including phenoxy) is 2. The van der Waals surface area contributed by atoms with Crippen LogP contribution in [0.1, 0.15) is 25.7 Å². The Morgan fingerprint density at radius 2 is 1.78 bits per heavy atom. The Morgan fingerprint density at radius 1 is 1.17 bits per heavy atom. The van der Waals surface area contributed by atoms with Crippen molar-refractivity contribution in [1.29, 1.82) is 0 Å². The van der Waals surface area contributed by atoms with Crippen molar-refractivity contribution >= 4 is 11.9 Å². The van der Waals surface area contributed by atoms with Crippen molar-refractivity contribution < 1.29 is 19.1 Å². The number of carbonyl (C=O) groups excluding carboxylic acids is 2. The molecule has 0 radical (unpaired) electrons. The van der Waals surface area contributed by atoms with Gasteiger partial charge in [0.05, 0.1) is 13.2 Å². The Bertz CT molecular complexity index is 368. The van der Waals surface area contributed by atoms with E-state index in [0.29, 0.717) is 13.2 Å². The predicted octanol–water partition coefficient (Wildman–Crippen LogP) is 0.566. The van der Waals surface area contributed by atoms with Crippen molar-refractivity contribution in [2.45, 2.75) is 37.5 Å². The zero-order valence-electron chi connectivity index (χ0n) is 10.6. The van der Waals surface area contributed by atoms with E-state index in [1.54, 1.807) is 7.05 Å². The number of hydrogen-bond acceptors (Lipinski definition) is 4. The molecule has 0 aromatic heterocycles. The largest absolute Gasteiger partial charge is 0.348 e. The SMILES string of the molecule is CN1CC(=O)N(C2CCC3(CC2)OCCO3)C1=O. The Labute approximate surface area is 106 Å². The van der Waals surface area contributed by atoms with Crippen LogP contribution in [0.4, 0.5) is 4.79 Å². The minimum absolute atomic E-state index is 0.00775. The highest BCUT2D eigenvalue weighted by molar-refractivity contribution is 6.02. The molecule has 2 aliphatic heterocycles. The molecule has 1 aliphatic carbocycles. The Morgan fingerprint density at radius 3 is 2.28 bits per heavy atom. The van der Waals surface area contributed by atoms with Crippen LogP contribution in [0.15, 0.2) is 0 Å². The lowest BCUT2D eigenvalue weighted by Gasteiger charge is -2.37. The van der Waals surface area contributed by atoms with E-state index in [0.717, 1.165) is 25.7 Å². The zero-order chi connectivity index (χ0) is 12.8. The molecule has 1 spiro atoms. The molecule has 6 heteroatoms. The normalized spacial score (nSPS) is 28.7. The van der Waals surface area contributed by atoms with Crippen LogP contribution in [-0.2, 0) is 14.3 Å². The quantitative estimate of drug-likeness (QED) is 0.642. The summed E-state index contributed by atoms with van der Waals surface area (Å²) < 4.78 is 11.3. The van der Waals surface area contributed by atoms with Gasteiger partial charge < -0.3 is 14.4 Å². The smallest absolute Gasteiger partial charge is 0.327 e. The molecule has 1 saturated carbocycles. The Kier molecular flexibility index (Phi) is 2.79. The maximum Gasteiger partial charge on any atom is 0.327 e. The third-order valence-corrected chi connectivity index (χ3v) is 4.07. The topological polar surface area (TPSA) is 59.1 Å². The van der Waals surface area contributed by atoms with Gasteiger partial charge in [-0.25, -0.2) is 4.79 Å². The summed E-state index contributed by atoms with van der Waals surface area (Å²) in [5.41, 5.74) is 0. The Hall–Kier alpha value is -1.14. The number of urea groups is 1. The molecule has 0 bridgehead atoms. The van der Waals surface area contributed by atoms with Crippen LogP contribution < -0.4 is 0 Å². The van der Waals surface area contributed by atoms with Gasteiger partial charge in [0.25, 0.3) is 5.91 Å². The predicted molar refractivity (Wildman–Crippen MR) is 61.8 cm³/mol. The third-order valence-electron chi connectivity index (χ3n) is 4.07. The molecule has 0 aromatic carbocycles.